The van der Waals surface area contributed by atoms with Gasteiger partial charge in [-0.25, -0.2) is 4.39 Å². The van der Waals surface area contributed by atoms with Crippen LogP contribution in [0.2, 0.25) is 0 Å². The smallest absolute Gasteiger partial charge is 0.257 e. The van der Waals surface area contributed by atoms with Gasteiger partial charge in [0.15, 0.2) is 5.82 Å². The van der Waals surface area contributed by atoms with Crippen LogP contribution in [-0.4, -0.2) is 11.1 Å². The summed E-state index contributed by atoms with van der Waals surface area (Å²) in [6, 6.07) is 5.17. The number of hydrogen-bond donors (Lipinski definition) is 2. The molecule has 0 atom stereocenters. The monoisotopic (exact) mass is 235 g/mol. The molecule has 1 aromatic heterocycles. The zero-order valence-electron chi connectivity index (χ0n) is 9.03. The summed E-state index contributed by atoms with van der Waals surface area (Å²) in [5.41, 5.74) is 5.76. The van der Waals surface area contributed by atoms with Gasteiger partial charge in [-0.3, -0.25) is 4.79 Å². The number of carbonyl (C=O) groups excluding carboxylic acids is 1. The standard InChI is InChI=1S/C11H10FN3O2/c1-6-2-10(15-17-6)14-11(16)7-3-8(12)5-9(13)4-7/h2-5H,13H2,1H3,(H,14,15,16). The quantitative estimate of drug-likeness (QED) is 0.779. The highest BCUT2D eigenvalue weighted by Gasteiger charge is 2.10. The highest BCUT2D eigenvalue weighted by molar-refractivity contribution is 6.04. The van der Waals surface area contributed by atoms with E-state index in [1.54, 1.807) is 13.0 Å². The van der Waals surface area contributed by atoms with E-state index >= 15 is 0 Å². The number of nitrogens with zero attached hydrogens (tertiary/aromatic N) is 1. The van der Waals surface area contributed by atoms with Crippen LogP contribution in [0.3, 0.4) is 0 Å². The van der Waals surface area contributed by atoms with E-state index in [0.29, 0.717) is 5.76 Å². The van der Waals surface area contributed by atoms with Crippen molar-refractivity contribution in [3.05, 3.63) is 41.4 Å². The normalized spacial score (nSPS) is 10.2. The lowest BCUT2D eigenvalue weighted by atomic mass is 10.2. The van der Waals surface area contributed by atoms with E-state index in [2.05, 4.69) is 10.5 Å². The average molecular weight is 235 g/mol. The molecular weight excluding hydrogens is 225 g/mol. The Hall–Kier alpha value is -2.37. The maximum absolute atomic E-state index is 13.0. The number of nitrogen functional groups attached to an aromatic ring is 1. The third-order valence-electron chi connectivity index (χ3n) is 2.05. The SMILES string of the molecule is Cc1cc(NC(=O)c2cc(N)cc(F)c2)no1. The van der Waals surface area contributed by atoms with Crippen molar-refractivity contribution in [3.63, 3.8) is 0 Å². The molecule has 0 unspecified atom stereocenters. The molecule has 2 aromatic rings. The molecule has 0 bridgehead atoms. The highest BCUT2D eigenvalue weighted by Crippen LogP contribution is 2.13. The zero-order chi connectivity index (χ0) is 12.4. The summed E-state index contributed by atoms with van der Waals surface area (Å²) in [6.07, 6.45) is 0. The van der Waals surface area contributed by atoms with E-state index in [9.17, 15) is 9.18 Å². The van der Waals surface area contributed by atoms with Gasteiger partial charge in [0.05, 0.1) is 0 Å². The lowest BCUT2D eigenvalue weighted by Gasteiger charge is -2.02. The van der Waals surface area contributed by atoms with E-state index in [0.717, 1.165) is 12.1 Å². The predicted molar refractivity (Wildman–Crippen MR) is 60.0 cm³/mol. The zero-order valence-corrected chi connectivity index (χ0v) is 9.03. The van der Waals surface area contributed by atoms with Crippen molar-refractivity contribution >= 4 is 17.4 Å². The van der Waals surface area contributed by atoms with Gasteiger partial charge in [0.25, 0.3) is 5.91 Å². The van der Waals surface area contributed by atoms with Gasteiger partial charge >= 0.3 is 0 Å². The Kier molecular flexibility index (Phi) is 2.78. The molecular formula is C11H10FN3O2. The van der Waals surface area contributed by atoms with Crippen molar-refractivity contribution in [2.75, 3.05) is 11.1 Å². The minimum absolute atomic E-state index is 0.128. The molecule has 0 saturated heterocycles. The van der Waals surface area contributed by atoms with Crippen LogP contribution >= 0.6 is 0 Å². The molecule has 0 aliphatic rings. The van der Waals surface area contributed by atoms with Crippen LogP contribution in [-0.2, 0) is 0 Å². The van der Waals surface area contributed by atoms with Gasteiger partial charge in [-0.1, -0.05) is 5.16 Å². The summed E-state index contributed by atoms with van der Waals surface area (Å²) in [6.45, 7) is 1.70. The second kappa shape index (κ2) is 4.25. The Balaban J connectivity index is 2.19. The predicted octanol–water partition coefficient (Wildman–Crippen LogP) is 1.96. The first kappa shape index (κ1) is 11.1. The van der Waals surface area contributed by atoms with Crippen LogP contribution < -0.4 is 11.1 Å². The molecule has 1 aromatic carbocycles. The number of benzene rings is 1. The second-order valence-electron chi connectivity index (χ2n) is 3.55. The van der Waals surface area contributed by atoms with Crippen LogP contribution in [0.5, 0.6) is 0 Å². The maximum Gasteiger partial charge on any atom is 0.257 e. The third-order valence-corrected chi connectivity index (χ3v) is 2.05. The second-order valence-corrected chi connectivity index (χ2v) is 3.55. The molecule has 88 valence electrons. The minimum Gasteiger partial charge on any atom is -0.399 e. The van der Waals surface area contributed by atoms with Gasteiger partial charge < -0.3 is 15.6 Å². The molecule has 0 aliphatic heterocycles. The first-order valence-corrected chi connectivity index (χ1v) is 4.85. The number of nitrogens with two attached hydrogens (primary N) is 1. The molecule has 5 nitrogen and oxygen atoms in total. The Morgan fingerprint density at radius 2 is 2.18 bits per heavy atom. The van der Waals surface area contributed by atoms with Crippen molar-refractivity contribution < 1.29 is 13.7 Å². The molecule has 0 aliphatic carbocycles. The molecule has 1 heterocycles. The van der Waals surface area contributed by atoms with E-state index < -0.39 is 11.7 Å². The average Bonchev–Trinajstić information content (AvgIpc) is 2.62. The first-order valence-electron chi connectivity index (χ1n) is 4.85. The Morgan fingerprint density at radius 1 is 1.41 bits per heavy atom. The van der Waals surface area contributed by atoms with Crippen LogP contribution in [0.1, 0.15) is 16.1 Å². The van der Waals surface area contributed by atoms with Gasteiger partial charge in [-0.05, 0) is 25.1 Å². The number of hydrogen-bond acceptors (Lipinski definition) is 4. The summed E-state index contributed by atoms with van der Waals surface area (Å²) in [5, 5.41) is 6.06. The number of aryl methyl sites for hydroxylation is 1. The summed E-state index contributed by atoms with van der Waals surface area (Å²) in [7, 11) is 0. The number of anilines is 2. The fourth-order valence-electron chi connectivity index (χ4n) is 1.36. The van der Waals surface area contributed by atoms with Crippen molar-refractivity contribution in [1.82, 2.24) is 5.16 Å². The third kappa shape index (κ3) is 2.60. The van der Waals surface area contributed by atoms with Gasteiger partial charge in [0.2, 0.25) is 0 Å². The lowest BCUT2D eigenvalue weighted by molar-refractivity contribution is 0.102. The van der Waals surface area contributed by atoms with E-state index in [1.165, 1.54) is 6.07 Å². The molecule has 0 saturated carbocycles. The van der Waals surface area contributed by atoms with Crippen LogP contribution in [0.4, 0.5) is 15.9 Å². The molecule has 0 fully saturated rings. The van der Waals surface area contributed by atoms with Gasteiger partial charge in [-0.2, -0.15) is 0 Å². The number of halogens is 1. The van der Waals surface area contributed by atoms with E-state index in [4.69, 9.17) is 10.3 Å². The molecule has 17 heavy (non-hydrogen) atoms. The van der Waals surface area contributed by atoms with Crippen LogP contribution in [0, 0.1) is 12.7 Å². The Bertz CT molecular complexity index is 545. The minimum atomic E-state index is -0.563. The largest absolute Gasteiger partial charge is 0.399 e. The number of nitrogens with one attached hydrogen (secondary N) is 1. The number of carbonyl (C=O) groups is 1. The summed E-state index contributed by atoms with van der Waals surface area (Å²) in [4.78, 5) is 11.7. The molecule has 2 rings (SSSR count). The molecule has 1 amide bonds. The number of rotatable bonds is 2. The van der Waals surface area contributed by atoms with E-state index in [-0.39, 0.29) is 17.1 Å². The Labute approximate surface area is 96.4 Å². The summed E-state index contributed by atoms with van der Waals surface area (Å²) >= 11 is 0. The molecule has 0 radical (unpaired) electrons. The van der Waals surface area contributed by atoms with Gasteiger partial charge in [-0.15, -0.1) is 0 Å². The molecule has 6 heteroatoms. The first-order chi connectivity index (χ1) is 8.04. The number of amides is 1. The summed E-state index contributed by atoms with van der Waals surface area (Å²) in [5.74, 6) is -0.217. The lowest BCUT2D eigenvalue weighted by Crippen LogP contribution is -2.12. The molecule has 3 N–H and O–H groups in total. The van der Waals surface area contributed by atoms with Gasteiger partial charge in [0.1, 0.15) is 11.6 Å². The van der Waals surface area contributed by atoms with Crippen molar-refractivity contribution in [2.24, 2.45) is 0 Å². The topological polar surface area (TPSA) is 81.2 Å². The van der Waals surface area contributed by atoms with Crippen molar-refractivity contribution in [2.45, 2.75) is 6.92 Å². The summed E-state index contributed by atoms with van der Waals surface area (Å²) < 4.78 is 17.8. The van der Waals surface area contributed by atoms with Crippen molar-refractivity contribution in [3.8, 4) is 0 Å². The van der Waals surface area contributed by atoms with Gasteiger partial charge in [0, 0.05) is 17.3 Å². The van der Waals surface area contributed by atoms with Crippen molar-refractivity contribution in [1.29, 1.82) is 0 Å². The Morgan fingerprint density at radius 3 is 2.76 bits per heavy atom. The van der Waals surface area contributed by atoms with Crippen LogP contribution in [0.25, 0.3) is 0 Å². The fraction of sp³-hybridized carbons (Fsp3) is 0.0909. The molecule has 0 spiro atoms. The number of aromatic nitrogens is 1. The van der Waals surface area contributed by atoms with E-state index in [1.807, 2.05) is 0 Å². The van der Waals surface area contributed by atoms with Crippen LogP contribution in [0.15, 0.2) is 28.8 Å². The fourth-order valence-corrected chi connectivity index (χ4v) is 1.36. The highest BCUT2D eigenvalue weighted by atomic mass is 19.1. The maximum atomic E-state index is 13.0.